The summed E-state index contributed by atoms with van der Waals surface area (Å²) >= 11 is 5.80. The van der Waals surface area contributed by atoms with Crippen molar-refractivity contribution < 1.29 is 14.3 Å². The molecular formula is C9H10ClN3O3. The molecule has 16 heavy (non-hydrogen) atoms. The van der Waals surface area contributed by atoms with Gasteiger partial charge in [0.1, 0.15) is 0 Å². The second-order valence-corrected chi connectivity index (χ2v) is 3.08. The number of carbonyl (C=O) groups is 2. The molecule has 1 rings (SSSR count). The van der Waals surface area contributed by atoms with E-state index in [-0.39, 0.29) is 0 Å². The maximum absolute atomic E-state index is 11.2. The fourth-order valence-electron chi connectivity index (χ4n) is 0.875. The Kier molecular flexibility index (Phi) is 4.41. The van der Waals surface area contributed by atoms with Gasteiger partial charge in [0.2, 0.25) is 0 Å². The minimum atomic E-state index is -0.769. The van der Waals surface area contributed by atoms with Crippen LogP contribution in [0.15, 0.2) is 24.3 Å². The molecule has 0 saturated carbocycles. The number of hydrogen-bond acceptors (Lipinski definition) is 3. The first-order valence-electron chi connectivity index (χ1n) is 4.29. The summed E-state index contributed by atoms with van der Waals surface area (Å²) in [5.74, 6) is 0. The van der Waals surface area contributed by atoms with E-state index in [1.54, 1.807) is 24.3 Å². The Labute approximate surface area is 96.9 Å². The van der Waals surface area contributed by atoms with Gasteiger partial charge in [0.25, 0.3) is 0 Å². The van der Waals surface area contributed by atoms with Gasteiger partial charge in [-0.3, -0.25) is 0 Å². The smallest absolute Gasteiger partial charge is 0.425 e. The summed E-state index contributed by atoms with van der Waals surface area (Å²) in [6.45, 7) is 0. The van der Waals surface area contributed by atoms with Crippen LogP contribution in [-0.2, 0) is 4.74 Å². The van der Waals surface area contributed by atoms with Crippen molar-refractivity contribution >= 4 is 29.4 Å². The van der Waals surface area contributed by atoms with E-state index in [4.69, 9.17) is 11.6 Å². The first-order valence-corrected chi connectivity index (χ1v) is 4.66. The predicted molar refractivity (Wildman–Crippen MR) is 59.1 cm³/mol. The molecular weight excluding hydrogens is 234 g/mol. The number of para-hydroxylation sites is 1. The van der Waals surface area contributed by atoms with Gasteiger partial charge >= 0.3 is 12.1 Å². The number of hydrazine groups is 1. The fraction of sp³-hybridized carbons (Fsp3) is 0.111. The maximum Gasteiger partial charge on any atom is 0.425 e. The molecule has 0 unspecified atom stereocenters. The van der Waals surface area contributed by atoms with Crippen LogP contribution in [-0.4, -0.2) is 19.2 Å². The second kappa shape index (κ2) is 5.82. The normalized spacial score (nSPS) is 9.12. The number of nitrogens with one attached hydrogen (secondary N) is 3. The first kappa shape index (κ1) is 12.1. The average molecular weight is 244 g/mol. The quantitative estimate of drug-likeness (QED) is 0.657. The highest BCUT2D eigenvalue weighted by Gasteiger charge is 2.05. The van der Waals surface area contributed by atoms with Crippen LogP contribution in [0.1, 0.15) is 0 Å². The predicted octanol–water partition coefficient (Wildman–Crippen LogP) is 1.73. The van der Waals surface area contributed by atoms with Crippen molar-refractivity contribution in [2.45, 2.75) is 0 Å². The Morgan fingerprint density at radius 3 is 2.56 bits per heavy atom. The molecule has 0 aliphatic carbocycles. The van der Waals surface area contributed by atoms with Crippen LogP contribution in [0.2, 0.25) is 5.02 Å². The van der Waals surface area contributed by atoms with E-state index < -0.39 is 12.1 Å². The maximum atomic E-state index is 11.2. The molecule has 0 aliphatic heterocycles. The Balaban J connectivity index is 2.46. The molecule has 3 N–H and O–H groups in total. The van der Waals surface area contributed by atoms with Gasteiger partial charge in [-0.15, -0.1) is 0 Å². The largest absolute Gasteiger partial charge is 0.452 e. The van der Waals surface area contributed by atoms with Crippen LogP contribution < -0.4 is 16.2 Å². The number of ether oxygens (including phenoxy) is 1. The van der Waals surface area contributed by atoms with Crippen molar-refractivity contribution in [3.05, 3.63) is 29.3 Å². The zero-order valence-corrected chi connectivity index (χ0v) is 9.17. The lowest BCUT2D eigenvalue weighted by molar-refractivity contribution is 0.166. The van der Waals surface area contributed by atoms with Crippen LogP contribution in [0.5, 0.6) is 0 Å². The highest BCUT2D eigenvalue weighted by Crippen LogP contribution is 2.19. The van der Waals surface area contributed by atoms with Gasteiger partial charge in [-0.2, -0.15) is 0 Å². The van der Waals surface area contributed by atoms with Gasteiger partial charge in [0, 0.05) is 0 Å². The highest BCUT2D eigenvalue weighted by molar-refractivity contribution is 6.33. The topological polar surface area (TPSA) is 79.5 Å². The summed E-state index contributed by atoms with van der Waals surface area (Å²) in [6.07, 6.45) is -0.769. The summed E-state index contributed by atoms with van der Waals surface area (Å²) in [4.78, 5) is 21.9. The molecule has 1 aromatic carbocycles. The van der Waals surface area contributed by atoms with Crippen LogP contribution >= 0.6 is 11.6 Å². The van der Waals surface area contributed by atoms with Crippen molar-refractivity contribution in [2.75, 3.05) is 12.4 Å². The molecule has 3 amide bonds. The van der Waals surface area contributed by atoms with Crippen molar-refractivity contribution in [3.63, 3.8) is 0 Å². The van der Waals surface area contributed by atoms with E-state index >= 15 is 0 Å². The molecule has 1 aromatic rings. The number of anilines is 1. The number of urea groups is 1. The third-order valence-electron chi connectivity index (χ3n) is 1.59. The lowest BCUT2D eigenvalue weighted by Gasteiger charge is -2.08. The van der Waals surface area contributed by atoms with Crippen molar-refractivity contribution in [2.24, 2.45) is 0 Å². The van der Waals surface area contributed by atoms with Gasteiger partial charge < -0.3 is 10.1 Å². The summed E-state index contributed by atoms with van der Waals surface area (Å²) in [5, 5.41) is 2.84. The molecule has 7 heteroatoms. The highest BCUT2D eigenvalue weighted by atomic mass is 35.5. The van der Waals surface area contributed by atoms with Gasteiger partial charge in [0.05, 0.1) is 17.8 Å². The molecule has 0 saturated heterocycles. The zero-order chi connectivity index (χ0) is 12.0. The van der Waals surface area contributed by atoms with Crippen LogP contribution in [0, 0.1) is 0 Å². The minimum absolute atomic E-state index is 0.399. The summed E-state index contributed by atoms with van der Waals surface area (Å²) in [5.41, 5.74) is 4.52. The number of amides is 3. The molecule has 0 spiro atoms. The van der Waals surface area contributed by atoms with Crippen molar-refractivity contribution in [3.8, 4) is 0 Å². The Morgan fingerprint density at radius 2 is 1.94 bits per heavy atom. The first-order chi connectivity index (χ1) is 7.63. The van der Waals surface area contributed by atoms with E-state index in [9.17, 15) is 9.59 Å². The summed E-state index contributed by atoms with van der Waals surface area (Å²) in [7, 11) is 1.18. The van der Waals surface area contributed by atoms with E-state index in [0.29, 0.717) is 10.7 Å². The Hall–Kier alpha value is -1.95. The molecule has 6 nitrogen and oxygen atoms in total. The van der Waals surface area contributed by atoms with E-state index in [1.807, 2.05) is 5.43 Å². The molecule has 0 aromatic heterocycles. The summed E-state index contributed by atoms with van der Waals surface area (Å²) in [6, 6.07) is 6.08. The SMILES string of the molecule is COC(=O)NNC(=O)Nc1ccccc1Cl. The van der Waals surface area contributed by atoms with Crippen molar-refractivity contribution in [1.82, 2.24) is 10.9 Å². The monoisotopic (exact) mass is 243 g/mol. The molecule has 0 bridgehead atoms. The molecule has 0 aliphatic rings. The summed E-state index contributed by atoms with van der Waals surface area (Å²) < 4.78 is 4.26. The zero-order valence-electron chi connectivity index (χ0n) is 8.41. The van der Waals surface area contributed by atoms with E-state index in [0.717, 1.165) is 0 Å². The number of rotatable bonds is 1. The third-order valence-corrected chi connectivity index (χ3v) is 1.92. The standard InChI is InChI=1S/C9H10ClN3O3/c1-16-9(15)13-12-8(14)11-7-5-3-2-4-6(7)10/h2-5H,1H3,(H,13,15)(H2,11,12,14). The van der Waals surface area contributed by atoms with E-state index in [1.165, 1.54) is 7.11 Å². The number of hydrogen-bond donors (Lipinski definition) is 3. The van der Waals surface area contributed by atoms with Crippen LogP contribution in [0.3, 0.4) is 0 Å². The lowest BCUT2D eigenvalue weighted by Crippen LogP contribution is -2.43. The Bertz CT molecular complexity index is 397. The molecule has 86 valence electrons. The third kappa shape index (κ3) is 3.66. The van der Waals surface area contributed by atoms with Gasteiger partial charge in [-0.05, 0) is 12.1 Å². The Morgan fingerprint density at radius 1 is 1.25 bits per heavy atom. The van der Waals surface area contributed by atoms with Gasteiger partial charge in [-0.1, -0.05) is 23.7 Å². The molecule has 0 radical (unpaired) electrons. The average Bonchev–Trinajstić information content (AvgIpc) is 2.29. The molecule has 0 heterocycles. The lowest BCUT2D eigenvalue weighted by atomic mass is 10.3. The van der Waals surface area contributed by atoms with Gasteiger partial charge in [0.15, 0.2) is 0 Å². The second-order valence-electron chi connectivity index (χ2n) is 2.68. The fourth-order valence-corrected chi connectivity index (χ4v) is 1.06. The number of benzene rings is 1. The van der Waals surface area contributed by atoms with Crippen LogP contribution in [0.25, 0.3) is 0 Å². The van der Waals surface area contributed by atoms with Crippen molar-refractivity contribution in [1.29, 1.82) is 0 Å². The molecule has 0 atom stereocenters. The van der Waals surface area contributed by atoms with Gasteiger partial charge in [-0.25, -0.2) is 20.4 Å². The van der Waals surface area contributed by atoms with E-state index in [2.05, 4.69) is 15.5 Å². The number of carbonyl (C=O) groups excluding carboxylic acids is 2. The minimum Gasteiger partial charge on any atom is -0.452 e. The molecule has 0 fully saturated rings. The number of methoxy groups -OCH3 is 1. The van der Waals surface area contributed by atoms with Crippen LogP contribution in [0.4, 0.5) is 15.3 Å². The number of halogens is 1.